The summed E-state index contributed by atoms with van der Waals surface area (Å²) in [6, 6.07) is 9.52. The number of hydrogen-bond donors (Lipinski definition) is 2. The van der Waals surface area contributed by atoms with Crippen LogP contribution >= 0.6 is 0 Å². The third kappa shape index (κ3) is 4.30. The number of ether oxygens (including phenoxy) is 2. The highest BCUT2D eigenvalue weighted by Crippen LogP contribution is 2.14. The predicted molar refractivity (Wildman–Crippen MR) is 74.5 cm³/mol. The van der Waals surface area contributed by atoms with Gasteiger partial charge in [0.25, 0.3) is 0 Å². The van der Waals surface area contributed by atoms with Crippen LogP contribution in [0.1, 0.15) is 18.9 Å². The van der Waals surface area contributed by atoms with Crippen LogP contribution in [0.2, 0.25) is 0 Å². The zero-order valence-electron chi connectivity index (χ0n) is 11.6. The summed E-state index contributed by atoms with van der Waals surface area (Å²) in [6.07, 6.45) is 1.61. The van der Waals surface area contributed by atoms with Crippen molar-refractivity contribution < 1.29 is 19.4 Å². The quantitative estimate of drug-likeness (QED) is 0.790. The second kappa shape index (κ2) is 7.38. The zero-order valence-corrected chi connectivity index (χ0v) is 11.6. The minimum atomic E-state index is -0.853. The Bertz CT molecular complexity index is 417. The second-order valence-corrected chi connectivity index (χ2v) is 5.05. The molecule has 110 valence electrons. The molecule has 0 bridgehead atoms. The SMILES string of the molecule is C[C@@H](N[C@H](CCc1ccccc1)C1COCO1)C(=O)O. The highest BCUT2D eigenvalue weighted by atomic mass is 16.7. The molecule has 1 aromatic carbocycles. The Hall–Kier alpha value is -1.43. The molecule has 1 aromatic rings. The summed E-state index contributed by atoms with van der Waals surface area (Å²) in [5, 5.41) is 12.1. The van der Waals surface area contributed by atoms with Crippen molar-refractivity contribution in [1.82, 2.24) is 5.32 Å². The van der Waals surface area contributed by atoms with E-state index in [1.54, 1.807) is 6.92 Å². The summed E-state index contributed by atoms with van der Waals surface area (Å²) in [7, 11) is 0. The fourth-order valence-corrected chi connectivity index (χ4v) is 2.32. The second-order valence-electron chi connectivity index (χ2n) is 5.05. The largest absolute Gasteiger partial charge is 0.480 e. The molecule has 2 rings (SSSR count). The number of carboxylic acids is 1. The Balaban J connectivity index is 1.93. The first kappa shape index (κ1) is 15.0. The standard InChI is InChI=1S/C15H21NO4/c1-11(15(17)18)16-13(14-9-19-10-20-14)8-7-12-5-3-2-4-6-12/h2-6,11,13-14,16H,7-10H2,1H3,(H,17,18)/t11-,13-,14?/m1/s1. The number of hydrogen-bond acceptors (Lipinski definition) is 4. The third-order valence-corrected chi connectivity index (χ3v) is 3.52. The number of aryl methyl sites for hydroxylation is 1. The van der Waals surface area contributed by atoms with Crippen LogP contribution in [0.25, 0.3) is 0 Å². The van der Waals surface area contributed by atoms with E-state index in [0.29, 0.717) is 6.61 Å². The fraction of sp³-hybridized carbons (Fsp3) is 0.533. The summed E-state index contributed by atoms with van der Waals surface area (Å²) in [6.45, 7) is 2.45. The number of rotatable bonds is 7. The van der Waals surface area contributed by atoms with Gasteiger partial charge in [-0.05, 0) is 25.3 Å². The van der Waals surface area contributed by atoms with Gasteiger partial charge in [-0.1, -0.05) is 30.3 Å². The van der Waals surface area contributed by atoms with Crippen LogP contribution in [0.4, 0.5) is 0 Å². The molecule has 1 aliphatic heterocycles. The summed E-state index contributed by atoms with van der Waals surface area (Å²) >= 11 is 0. The molecule has 0 aliphatic carbocycles. The smallest absolute Gasteiger partial charge is 0.320 e. The van der Waals surface area contributed by atoms with Crippen LogP contribution in [0, 0.1) is 0 Å². The average Bonchev–Trinajstić information content (AvgIpc) is 2.98. The molecule has 1 heterocycles. The van der Waals surface area contributed by atoms with Gasteiger partial charge in [-0.15, -0.1) is 0 Å². The van der Waals surface area contributed by atoms with Gasteiger partial charge in [0.15, 0.2) is 0 Å². The van der Waals surface area contributed by atoms with E-state index in [0.717, 1.165) is 12.8 Å². The Morgan fingerprint density at radius 3 is 2.80 bits per heavy atom. The number of aliphatic carboxylic acids is 1. The van der Waals surface area contributed by atoms with Crippen molar-refractivity contribution in [3.63, 3.8) is 0 Å². The summed E-state index contributed by atoms with van der Waals surface area (Å²) in [5.74, 6) is -0.853. The number of benzene rings is 1. The van der Waals surface area contributed by atoms with Crippen molar-refractivity contribution in [1.29, 1.82) is 0 Å². The van der Waals surface area contributed by atoms with Crippen molar-refractivity contribution in [2.45, 2.75) is 38.0 Å². The van der Waals surface area contributed by atoms with Crippen LogP contribution in [0.5, 0.6) is 0 Å². The predicted octanol–water partition coefficient (Wildman–Crippen LogP) is 1.42. The number of nitrogens with one attached hydrogen (secondary N) is 1. The zero-order chi connectivity index (χ0) is 14.4. The van der Waals surface area contributed by atoms with E-state index in [2.05, 4.69) is 17.4 Å². The van der Waals surface area contributed by atoms with Gasteiger partial charge < -0.3 is 14.6 Å². The molecule has 0 spiro atoms. The molecule has 0 saturated carbocycles. The molecule has 1 saturated heterocycles. The van der Waals surface area contributed by atoms with Crippen LogP contribution in [0.3, 0.4) is 0 Å². The normalized spacial score (nSPS) is 21.6. The number of carboxylic acid groups (broad SMARTS) is 1. The lowest BCUT2D eigenvalue weighted by Gasteiger charge is -2.25. The van der Waals surface area contributed by atoms with Gasteiger partial charge in [0, 0.05) is 6.04 Å². The topological polar surface area (TPSA) is 67.8 Å². The molecule has 2 N–H and O–H groups in total. The van der Waals surface area contributed by atoms with Gasteiger partial charge in [0.1, 0.15) is 12.8 Å². The van der Waals surface area contributed by atoms with Crippen LogP contribution < -0.4 is 5.32 Å². The van der Waals surface area contributed by atoms with E-state index in [9.17, 15) is 4.79 Å². The van der Waals surface area contributed by atoms with E-state index >= 15 is 0 Å². The Morgan fingerprint density at radius 2 is 2.20 bits per heavy atom. The molecule has 1 unspecified atom stereocenters. The maximum absolute atomic E-state index is 11.0. The van der Waals surface area contributed by atoms with Gasteiger partial charge in [-0.3, -0.25) is 10.1 Å². The van der Waals surface area contributed by atoms with E-state index in [1.165, 1.54) is 5.56 Å². The average molecular weight is 279 g/mol. The van der Waals surface area contributed by atoms with Gasteiger partial charge in [-0.2, -0.15) is 0 Å². The molecular weight excluding hydrogens is 258 g/mol. The third-order valence-electron chi connectivity index (χ3n) is 3.52. The lowest BCUT2D eigenvalue weighted by molar-refractivity contribution is -0.139. The van der Waals surface area contributed by atoms with Gasteiger partial charge >= 0.3 is 5.97 Å². The van der Waals surface area contributed by atoms with Crippen LogP contribution in [-0.4, -0.2) is 42.7 Å². The molecule has 0 amide bonds. The van der Waals surface area contributed by atoms with Crippen LogP contribution in [0.15, 0.2) is 30.3 Å². The van der Waals surface area contributed by atoms with E-state index in [4.69, 9.17) is 14.6 Å². The Labute approximate surface area is 118 Å². The maximum atomic E-state index is 11.0. The van der Waals surface area contributed by atoms with E-state index < -0.39 is 12.0 Å². The highest BCUT2D eigenvalue weighted by Gasteiger charge is 2.28. The molecule has 1 fully saturated rings. The van der Waals surface area contributed by atoms with Crippen molar-refractivity contribution in [3.8, 4) is 0 Å². The lowest BCUT2D eigenvalue weighted by atomic mass is 10.0. The van der Waals surface area contributed by atoms with Gasteiger partial charge in [0.2, 0.25) is 0 Å². The first-order valence-corrected chi connectivity index (χ1v) is 6.89. The first-order chi connectivity index (χ1) is 9.66. The van der Waals surface area contributed by atoms with Crippen molar-refractivity contribution in [2.24, 2.45) is 0 Å². The molecule has 1 aliphatic rings. The summed E-state index contributed by atoms with van der Waals surface area (Å²) < 4.78 is 10.7. The van der Waals surface area contributed by atoms with Crippen LogP contribution in [-0.2, 0) is 20.7 Å². The van der Waals surface area contributed by atoms with Crippen molar-refractivity contribution in [3.05, 3.63) is 35.9 Å². The number of carbonyl (C=O) groups is 1. The minimum absolute atomic E-state index is 0.0243. The molecule has 5 heteroatoms. The van der Waals surface area contributed by atoms with E-state index in [1.807, 2.05) is 18.2 Å². The first-order valence-electron chi connectivity index (χ1n) is 6.89. The summed E-state index contributed by atoms with van der Waals surface area (Å²) in [5.41, 5.74) is 1.24. The van der Waals surface area contributed by atoms with Crippen molar-refractivity contribution in [2.75, 3.05) is 13.4 Å². The molecule has 20 heavy (non-hydrogen) atoms. The highest BCUT2D eigenvalue weighted by molar-refractivity contribution is 5.72. The molecule has 0 aromatic heterocycles. The minimum Gasteiger partial charge on any atom is -0.480 e. The van der Waals surface area contributed by atoms with Gasteiger partial charge in [-0.25, -0.2) is 0 Å². The Morgan fingerprint density at radius 1 is 1.45 bits per heavy atom. The molecule has 0 radical (unpaired) electrons. The lowest BCUT2D eigenvalue weighted by Crippen LogP contribution is -2.48. The fourth-order valence-electron chi connectivity index (χ4n) is 2.32. The van der Waals surface area contributed by atoms with E-state index in [-0.39, 0.29) is 18.9 Å². The van der Waals surface area contributed by atoms with Gasteiger partial charge in [0.05, 0.1) is 12.7 Å². The molecular formula is C15H21NO4. The maximum Gasteiger partial charge on any atom is 0.320 e. The molecule has 3 atom stereocenters. The monoisotopic (exact) mass is 279 g/mol. The molecule has 5 nitrogen and oxygen atoms in total. The Kier molecular flexibility index (Phi) is 5.52. The summed E-state index contributed by atoms with van der Waals surface area (Å²) in [4.78, 5) is 11.0. The van der Waals surface area contributed by atoms with Crippen molar-refractivity contribution >= 4 is 5.97 Å².